The van der Waals surface area contributed by atoms with Crippen LogP contribution < -0.4 is 0 Å². The summed E-state index contributed by atoms with van der Waals surface area (Å²) in [6, 6.07) is 76.0. The highest BCUT2D eigenvalue weighted by atomic mass is 14.3. The van der Waals surface area contributed by atoms with Gasteiger partial charge in [0, 0.05) is 0 Å². The lowest BCUT2D eigenvalue weighted by Gasteiger charge is -2.13. The van der Waals surface area contributed by atoms with Gasteiger partial charge in [-0.15, -0.1) is 0 Å². The Hall–Kier alpha value is -7.02. The summed E-state index contributed by atoms with van der Waals surface area (Å²) in [5.74, 6) is 0. The van der Waals surface area contributed by atoms with Crippen molar-refractivity contribution < 1.29 is 0 Å². The molecule has 0 saturated carbocycles. The molecular formula is C55H36. The molecule has 0 saturated heterocycles. The zero-order valence-electron chi connectivity index (χ0n) is 30.3. The van der Waals surface area contributed by atoms with Gasteiger partial charge < -0.3 is 0 Å². The summed E-state index contributed by atoms with van der Waals surface area (Å²) in [7, 11) is 0. The van der Waals surface area contributed by atoms with Gasteiger partial charge in [0.15, 0.2) is 0 Å². The van der Waals surface area contributed by atoms with Gasteiger partial charge in [-0.3, -0.25) is 0 Å². The summed E-state index contributed by atoms with van der Waals surface area (Å²) in [4.78, 5) is 0. The van der Waals surface area contributed by atoms with Crippen LogP contribution in [0.1, 0.15) is 11.1 Å². The van der Waals surface area contributed by atoms with Crippen molar-refractivity contribution in [3.8, 4) is 66.8 Å². The zero-order valence-corrected chi connectivity index (χ0v) is 30.3. The molecule has 0 aliphatic heterocycles. The van der Waals surface area contributed by atoms with Crippen LogP contribution in [-0.4, -0.2) is 0 Å². The van der Waals surface area contributed by atoms with Gasteiger partial charge in [-0.2, -0.15) is 0 Å². The minimum Gasteiger partial charge on any atom is -0.0622 e. The van der Waals surface area contributed by atoms with E-state index in [9.17, 15) is 0 Å². The molecule has 0 radical (unpaired) electrons. The fraction of sp³-hybridized carbons (Fsp3) is 0.0182. The molecule has 256 valence electrons. The Morgan fingerprint density at radius 3 is 1.11 bits per heavy atom. The molecule has 0 bridgehead atoms. The van der Waals surface area contributed by atoms with Crippen LogP contribution in [0, 0.1) is 0 Å². The monoisotopic (exact) mass is 696 g/mol. The lowest BCUT2D eigenvalue weighted by molar-refractivity contribution is 1.26. The van der Waals surface area contributed by atoms with Crippen molar-refractivity contribution in [3.63, 3.8) is 0 Å². The van der Waals surface area contributed by atoms with Gasteiger partial charge in [-0.05, 0) is 135 Å². The van der Waals surface area contributed by atoms with E-state index in [4.69, 9.17) is 0 Å². The lowest BCUT2D eigenvalue weighted by Crippen LogP contribution is -1.91. The first-order chi connectivity index (χ1) is 27.3. The second-order valence-electron chi connectivity index (χ2n) is 14.8. The van der Waals surface area contributed by atoms with E-state index < -0.39 is 0 Å². The first-order valence-electron chi connectivity index (χ1n) is 19.2. The van der Waals surface area contributed by atoms with Gasteiger partial charge in [0.05, 0.1) is 0 Å². The second kappa shape index (κ2) is 12.8. The van der Waals surface area contributed by atoms with Gasteiger partial charge >= 0.3 is 0 Å². The molecule has 0 N–H and O–H groups in total. The highest BCUT2D eigenvalue weighted by Gasteiger charge is 2.24. The van der Waals surface area contributed by atoms with Gasteiger partial charge in [-0.25, -0.2) is 0 Å². The van der Waals surface area contributed by atoms with Crippen molar-refractivity contribution in [1.29, 1.82) is 0 Å². The highest BCUT2D eigenvalue weighted by molar-refractivity contribution is 6.25. The normalized spacial score (nSPS) is 11.9. The molecular weight excluding hydrogens is 661 g/mol. The van der Waals surface area contributed by atoms with Crippen LogP contribution in [0.4, 0.5) is 0 Å². The Morgan fingerprint density at radius 2 is 0.545 bits per heavy atom. The van der Waals surface area contributed by atoms with E-state index in [1.54, 1.807) is 0 Å². The quantitative estimate of drug-likeness (QED) is 0.157. The van der Waals surface area contributed by atoms with Gasteiger partial charge in [0.1, 0.15) is 0 Å². The first kappa shape index (κ1) is 31.5. The average molecular weight is 697 g/mol. The molecule has 0 nitrogen and oxygen atoms in total. The number of hydrogen-bond donors (Lipinski definition) is 0. The fourth-order valence-corrected chi connectivity index (χ4v) is 9.08. The van der Waals surface area contributed by atoms with E-state index >= 15 is 0 Å². The molecule has 0 heterocycles. The van der Waals surface area contributed by atoms with Crippen molar-refractivity contribution in [2.75, 3.05) is 0 Å². The van der Waals surface area contributed by atoms with Crippen LogP contribution in [0.15, 0.2) is 206 Å². The van der Waals surface area contributed by atoms with E-state index in [-0.39, 0.29) is 0 Å². The molecule has 1 aliphatic rings. The minimum absolute atomic E-state index is 0.909. The van der Waals surface area contributed by atoms with Gasteiger partial charge in [-0.1, -0.05) is 188 Å². The second-order valence-corrected chi connectivity index (χ2v) is 14.8. The molecule has 0 unspecified atom stereocenters. The summed E-state index contributed by atoms with van der Waals surface area (Å²) in [6.07, 6.45) is 0.909. The minimum atomic E-state index is 0.909. The van der Waals surface area contributed by atoms with Crippen molar-refractivity contribution in [3.05, 3.63) is 217 Å². The molecule has 0 fully saturated rings. The Bertz CT molecular complexity index is 3060. The molecule has 55 heavy (non-hydrogen) atoms. The molecule has 0 aromatic heterocycles. The van der Waals surface area contributed by atoms with E-state index in [1.807, 2.05) is 0 Å². The van der Waals surface area contributed by atoms with Crippen molar-refractivity contribution >= 4 is 32.3 Å². The SMILES string of the molecule is c1ccc(-c2ccc(-c3cccc(-c4cccc5c4Cc4c(-c6cccc(-c7ccc8c9ccccc9c9ccccc9c8c7)c6)cccc4-5)c3)cc2)cc1. The summed E-state index contributed by atoms with van der Waals surface area (Å²) >= 11 is 0. The molecule has 0 spiro atoms. The standard InChI is InChI=1S/C55H36/c1-2-12-36(13-3-1)37-26-28-38(29-27-37)39-14-8-16-42(32-39)44-22-10-24-50-51-25-11-23-45(55(51)35-54(44)50)43-17-9-15-40(33-43)41-30-31-52-48-20-5-4-18-46(48)47-19-6-7-21-49(47)53(52)34-41/h1-34H,35H2. The van der Waals surface area contributed by atoms with Crippen LogP contribution in [0.5, 0.6) is 0 Å². The van der Waals surface area contributed by atoms with Crippen LogP contribution in [0.3, 0.4) is 0 Å². The predicted molar refractivity (Wildman–Crippen MR) is 234 cm³/mol. The highest BCUT2D eigenvalue weighted by Crippen LogP contribution is 2.46. The Morgan fingerprint density at radius 1 is 0.200 bits per heavy atom. The largest absolute Gasteiger partial charge is 0.0622 e. The Kier molecular flexibility index (Phi) is 7.35. The topological polar surface area (TPSA) is 0 Å². The maximum Gasteiger partial charge on any atom is -0.000112 e. The van der Waals surface area contributed by atoms with Crippen LogP contribution in [-0.2, 0) is 6.42 Å². The summed E-state index contributed by atoms with van der Waals surface area (Å²) < 4.78 is 0. The predicted octanol–water partition coefficient (Wildman–Crippen LogP) is 15.1. The third kappa shape index (κ3) is 5.30. The van der Waals surface area contributed by atoms with Crippen LogP contribution >= 0.6 is 0 Å². The number of benzene rings is 10. The van der Waals surface area contributed by atoms with Crippen molar-refractivity contribution in [2.24, 2.45) is 0 Å². The van der Waals surface area contributed by atoms with Crippen LogP contribution in [0.2, 0.25) is 0 Å². The maximum absolute atomic E-state index is 2.40. The van der Waals surface area contributed by atoms with Gasteiger partial charge in [0.2, 0.25) is 0 Å². The molecule has 10 aromatic rings. The summed E-state index contributed by atoms with van der Waals surface area (Å²) in [5, 5.41) is 7.82. The van der Waals surface area contributed by atoms with E-state index in [1.165, 1.54) is 110 Å². The molecule has 10 aromatic carbocycles. The van der Waals surface area contributed by atoms with Crippen molar-refractivity contribution in [2.45, 2.75) is 6.42 Å². The Labute approximate surface area is 321 Å². The summed E-state index contributed by atoms with van der Waals surface area (Å²) in [6.45, 7) is 0. The Balaban J connectivity index is 0.948. The van der Waals surface area contributed by atoms with Crippen LogP contribution in [0.25, 0.3) is 99.1 Å². The molecule has 11 rings (SSSR count). The number of rotatable bonds is 5. The van der Waals surface area contributed by atoms with E-state index in [0.717, 1.165) is 6.42 Å². The third-order valence-corrected chi connectivity index (χ3v) is 11.7. The van der Waals surface area contributed by atoms with Crippen molar-refractivity contribution in [1.82, 2.24) is 0 Å². The smallest absolute Gasteiger partial charge is 0.000112 e. The maximum atomic E-state index is 2.40. The summed E-state index contributed by atoms with van der Waals surface area (Å²) in [5.41, 5.74) is 18.1. The number of hydrogen-bond acceptors (Lipinski definition) is 0. The first-order valence-corrected chi connectivity index (χ1v) is 19.2. The number of fused-ring (bicyclic) bond motifs is 9. The van der Waals surface area contributed by atoms with Gasteiger partial charge in [0.25, 0.3) is 0 Å². The molecule has 0 amide bonds. The molecule has 0 heteroatoms. The average Bonchev–Trinajstić information content (AvgIpc) is 3.66. The molecule has 0 atom stereocenters. The third-order valence-electron chi connectivity index (χ3n) is 11.7. The van der Waals surface area contributed by atoms with E-state index in [0.29, 0.717) is 0 Å². The fourth-order valence-electron chi connectivity index (χ4n) is 9.08. The lowest BCUT2D eigenvalue weighted by atomic mass is 9.90. The molecule has 1 aliphatic carbocycles. The zero-order chi connectivity index (χ0) is 36.3. The van der Waals surface area contributed by atoms with E-state index in [2.05, 4.69) is 206 Å².